The Bertz CT molecular complexity index is 187. The topological polar surface area (TPSA) is 41.1 Å². The maximum absolute atomic E-state index is 11.8. The van der Waals surface area contributed by atoms with E-state index in [2.05, 4.69) is 31.4 Å². The summed E-state index contributed by atoms with van der Waals surface area (Å²) in [4.78, 5) is 11.8. The Kier molecular flexibility index (Phi) is 3.93. The van der Waals surface area contributed by atoms with Crippen molar-refractivity contribution in [1.82, 2.24) is 10.6 Å². The van der Waals surface area contributed by atoms with Gasteiger partial charge in [0.1, 0.15) is 0 Å². The van der Waals surface area contributed by atoms with Crippen LogP contribution in [0.4, 0.5) is 0 Å². The van der Waals surface area contributed by atoms with Gasteiger partial charge in [-0.25, -0.2) is 0 Å². The summed E-state index contributed by atoms with van der Waals surface area (Å²) in [7, 11) is 0. The molecular formula is C11H22N2O. The van der Waals surface area contributed by atoms with Crippen molar-refractivity contribution in [3.63, 3.8) is 0 Å². The molecule has 82 valence electrons. The first-order valence-electron chi connectivity index (χ1n) is 5.70. The molecule has 0 atom stereocenters. The Morgan fingerprint density at radius 2 is 1.79 bits per heavy atom. The van der Waals surface area contributed by atoms with Gasteiger partial charge in [-0.05, 0) is 19.3 Å². The summed E-state index contributed by atoms with van der Waals surface area (Å²) in [6.45, 7) is 8.13. The lowest BCUT2D eigenvalue weighted by molar-refractivity contribution is -0.128. The molecule has 3 heteroatoms. The fourth-order valence-electron chi connectivity index (χ4n) is 1.85. The molecule has 0 aromatic carbocycles. The first kappa shape index (κ1) is 11.5. The standard InChI is InChI=1S/C11H22N2O/c1-4-11(5-2,6-3)13-10(14)9-7-12-8-9/h9,12H,4-8H2,1-3H3,(H,13,14). The molecule has 2 N–H and O–H groups in total. The number of carbonyl (C=O) groups excluding carboxylic acids is 1. The molecule has 1 aliphatic heterocycles. The second-order valence-electron chi connectivity index (χ2n) is 4.19. The van der Waals surface area contributed by atoms with Gasteiger partial charge in [0, 0.05) is 18.6 Å². The van der Waals surface area contributed by atoms with Crippen molar-refractivity contribution in [2.24, 2.45) is 5.92 Å². The van der Waals surface area contributed by atoms with E-state index in [1.165, 1.54) is 0 Å². The highest BCUT2D eigenvalue weighted by Crippen LogP contribution is 2.20. The van der Waals surface area contributed by atoms with Crippen molar-refractivity contribution in [1.29, 1.82) is 0 Å². The van der Waals surface area contributed by atoms with Gasteiger partial charge in [-0.1, -0.05) is 20.8 Å². The minimum absolute atomic E-state index is 0.0344. The van der Waals surface area contributed by atoms with E-state index >= 15 is 0 Å². The van der Waals surface area contributed by atoms with E-state index in [0.717, 1.165) is 32.4 Å². The average molecular weight is 198 g/mol. The first-order valence-corrected chi connectivity index (χ1v) is 5.70. The van der Waals surface area contributed by atoms with Gasteiger partial charge >= 0.3 is 0 Å². The average Bonchev–Trinajstić information content (AvgIpc) is 2.11. The molecule has 3 nitrogen and oxygen atoms in total. The molecule has 0 unspecified atom stereocenters. The zero-order valence-electron chi connectivity index (χ0n) is 9.52. The van der Waals surface area contributed by atoms with Crippen LogP contribution in [-0.4, -0.2) is 24.5 Å². The maximum atomic E-state index is 11.8. The van der Waals surface area contributed by atoms with Crippen molar-refractivity contribution in [2.75, 3.05) is 13.1 Å². The third-order valence-corrected chi connectivity index (χ3v) is 3.57. The van der Waals surface area contributed by atoms with Gasteiger partial charge in [0.2, 0.25) is 5.91 Å². The lowest BCUT2D eigenvalue weighted by atomic mass is 9.88. The third-order valence-electron chi connectivity index (χ3n) is 3.57. The van der Waals surface area contributed by atoms with Crippen LogP contribution in [0.2, 0.25) is 0 Å². The van der Waals surface area contributed by atoms with Gasteiger partial charge in [-0.2, -0.15) is 0 Å². The van der Waals surface area contributed by atoms with E-state index < -0.39 is 0 Å². The minimum Gasteiger partial charge on any atom is -0.350 e. The van der Waals surface area contributed by atoms with E-state index in [9.17, 15) is 4.79 Å². The summed E-state index contributed by atoms with van der Waals surface area (Å²) in [6.07, 6.45) is 3.06. The van der Waals surface area contributed by atoms with E-state index in [1.807, 2.05) is 0 Å². The summed E-state index contributed by atoms with van der Waals surface area (Å²) < 4.78 is 0. The van der Waals surface area contributed by atoms with E-state index in [0.29, 0.717) is 0 Å². The van der Waals surface area contributed by atoms with E-state index in [1.54, 1.807) is 0 Å². The molecule has 0 aliphatic carbocycles. The molecule has 0 bridgehead atoms. The lowest BCUT2D eigenvalue weighted by Crippen LogP contribution is -2.56. The first-order chi connectivity index (χ1) is 6.67. The molecule has 1 rings (SSSR count). The smallest absolute Gasteiger partial charge is 0.226 e. The summed E-state index contributed by atoms with van der Waals surface area (Å²) in [5.74, 6) is 0.438. The quantitative estimate of drug-likeness (QED) is 0.699. The van der Waals surface area contributed by atoms with Crippen molar-refractivity contribution in [3.05, 3.63) is 0 Å². The molecule has 14 heavy (non-hydrogen) atoms. The number of nitrogens with one attached hydrogen (secondary N) is 2. The molecule has 1 amide bonds. The number of hydrogen-bond acceptors (Lipinski definition) is 2. The normalized spacial score (nSPS) is 17.6. The molecule has 0 spiro atoms. The molecule has 0 radical (unpaired) electrons. The zero-order chi connectivity index (χ0) is 10.6. The van der Waals surface area contributed by atoms with Crippen LogP contribution in [0.25, 0.3) is 0 Å². The van der Waals surface area contributed by atoms with Gasteiger partial charge in [0.05, 0.1) is 5.92 Å². The molecule has 0 aromatic rings. The molecule has 1 fully saturated rings. The van der Waals surface area contributed by atoms with Crippen LogP contribution in [0.5, 0.6) is 0 Å². The monoisotopic (exact) mass is 198 g/mol. The Hall–Kier alpha value is -0.570. The Morgan fingerprint density at radius 3 is 2.07 bits per heavy atom. The highest BCUT2D eigenvalue weighted by molar-refractivity contribution is 5.80. The van der Waals surface area contributed by atoms with E-state index in [4.69, 9.17) is 0 Å². The summed E-state index contributed by atoms with van der Waals surface area (Å²) >= 11 is 0. The van der Waals surface area contributed by atoms with Crippen molar-refractivity contribution >= 4 is 5.91 Å². The highest BCUT2D eigenvalue weighted by atomic mass is 16.2. The van der Waals surface area contributed by atoms with Crippen LogP contribution in [-0.2, 0) is 4.79 Å². The SMILES string of the molecule is CCC(CC)(CC)NC(=O)C1CNC1. The fourth-order valence-corrected chi connectivity index (χ4v) is 1.85. The molecule has 1 saturated heterocycles. The van der Waals surface area contributed by atoms with Crippen molar-refractivity contribution in [2.45, 2.75) is 45.6 Å². The number of hydrogen-bond donors (Lipinski definition) is 2. The Balaban J connectivity index is 2.49. The maximum Gasteiger partial charge on any atom is 0.226 e. The lowest BCUT2D eigenvalue weighted by Gasteiger charge is -2.35. The molecular weight excluding hydrogens is 176 g/mol. The summed E-state index contributed by atoms with van der Waals surface area (Å²) in [6, 6.07) is 0. The second-order valence-corrected chi connectivity index (χ2v) is 4.19. The summed E-state index contributed by atoms with van der Waals surface area (Å²) in [5.41, 5.74) is 0.0344. The third kappa shape index (κ3) is 2.27. The van der Waals surface area contributed by atoms with Crippen LogP contribution in [0.15, 0.2) is 0 Å². The predicted octanol–water partition coefficient (Wildman–Crippen LogP) is 1.29. The second kappa shape index (κ2) is 4.78. The van der Waals surface area contributed by atoms with Crippen molar-refractivity contribution < 1.29 is 4.79 Å². The highest BCUT2D eigenvalue weighted by Gasteiger charge is 2.31. The van der Waals surface area contributed by atoms with Crippen LogP contribution in [0.3, 0.4) is 0 Å². The van der Waals surface area contributed by atoms with Crippen LogP contribution < -0.4 is 10.6 Å². The number of rotatable bonds is 5. The van der Waals surface area contributed by atoms with Crippen LogP contribution >= 0.6 is 0 Å². The van der Waals surface area contributed by atoms with Gasteiger partial charge in [0.15, 0.2) is 0 Å². The molecule has 1 heterocycles. The number of carbonyl (C=O) groups is 1. The molecule has 0 saturated carbocycles. The Labute approximate surface area is 86.6 Å². The number of amides is 1. The van der Waals surface area contributed by atoms with Gasteiger partial charge in [-0.3, -0.25) is 4.79 Å². The largest absolute Gasteiger partial charge is 0.350 e. The predicted molar refractivity (Wildman–Crippen MR) is 58.1 cm³/mol. The van der Waals surface area contributed by atoms with Crippen molar-refractivity contribution in [3.8, 4) is 0 Å². The van der Waals surface area contributed by atoms with E-state index in [-0.39, 0.29) is 17.4 Å². The fraction of sp³-hybridized carbons (Fsp3) is 0.909. The Morgan fingerprint density at radius 1 is 1.29 bits per heavy atom. The van der Waals surface area contributed by atoms with Gasteiger partial charge in [-0.15, -0.1) is 0 Å². The van der Waals surface area contributed by atoms with Crippen LogP contribution in [0, 0.1) is 5.92 Å². The van der Waals surface area contributed by atoms with Crippen LogP contribution in [0.1, 0.15) is 40.0 Å². The summed E-state index contributed by atoms with van der Waals surface area (Å²) in [5, 5.41) is 6.32. The van der Waals surface area contributed by atoms with Gasteiger partial charge in [0.25, 0.3) is 0 Å². The van der Waals surface area contributed by atoms with Gasteiger partial charge < -0.3 is 10.6 Å². The minimum atomic E-state index is 0.0344. The molecule has 0 aromatic heterocycles. The molecule has 1 aliphatic rings. The zero-order valence-corrected chi connectivity index (χ0v) is 9.52.